The Morgan fingerprint density at radius 2 is 1.67 bits per heavy atom. The second-order valence-electron chi connectivity index (χ2n) is 4.74. The third-order valence-corrected chi connectivity index (χ3v) is 4.15. The Hall–Kier alpha value is -1.20. The number of rotatable bonds is 2. The van der Waals surface area contributed by atoms with E-state index in [2.05, 4.69) is 21.2 Å². The second-order valence-corrected chi connectivity index (χ2v) is 5.66. The number of amides is 2. The van der Waals surface area contributed by atoms with Gasteiger partial charge in [-0.25, -0.2) is 0 Å². The Labute approximate surface area is 135 Å². The molecule has 2 atom stereocenters. The maximum atomic E-state index is 11.8. The fourth-order valence-corrected chi connectivity index (χ4v) is 2.46. The van der Waals surface area contributed by atoms with Crippen molar-refractivity contribution in [1.82, 2.24) is 5.32 Å². The predicted molar refractivity (Wildman–Crippen MR) is 87.9 cm³/mol. The van der Waals surface area contributed by atoms with Crippen molar-refractivity contribution < 1.29 is 14.7 Å². The maximum absolute atomic E-state index is 11.8. The lowest BCUT2D eigenvalue weighted by Crippen LogP contribution is -2.33. The Bertz CT molecular complexity index is 473. The third kappa shape index (κ3) is 4.64. The Morgan fingerprint density at radius 1 is 1.19 bits per heavy atom. The van der Waals surface area contributed by atoms with Crippen LogP contribution >= 0.6 is 15.9 Å². The van der Waals surface area contributed by atoms with Crippen molar-refractivity contribution in [3.8, 4) is 0 Å². The van der Waals surface area contributed by atoms with E-state index in [1.165, 1.54) is 0 Å². The summed E-state index contributed by atoms with van der Waals surface area (Å²) in [5.41, 5.74) is 0.436. The molecule has 1 aliphatic heterocycles. The number of carbonyl (C=O) groups is 2. The lowest BCUT2D eigenvalue weighted by Gasteiger charge is -2.28. The first-order valence-corrected chi connectivity index (χ1v) is 7.77. The summed E-state index contributed by atoms with van der Waals surface area (Å²) in [4.78, 5) is 23.2. The van der Waals surface area contributed by atoms with Gasteiger partial charge in [0.05, 0.1) is 5.41 Å². The molecule has 0 aromatic heterocycles. The van der Waals surface area contributed by atoms with Gasteiger partial charge < -0.3 is 5.11 Å². The molecule has 1 heterocycles. The van der Waals surface area contributed by atoms with E-state index >= 15 is 0 Å². The SMILES string of the molecule is CC.CC(c1ccc(Br)cc1)[C@]1(C)CC(=O)NC1=O.CO. The number of aliphatic hydroxyl groups is 1. The average molecular weight is 358 g/mol. The topological polar surface area (TPSA) is 66.4 Å². The Balaban J connectivity index is 0.000000921. The zero-order valence-corrected chi connectivity index (χ0v) is 14.8. The molecule has 1 aromatic carbocycles. The van der Waals surface area contributed by atoms with E-state index in [9.17, 15) is 9.59 Å². The molecule has 2 amide bonds. The smallest absolute Gasteiger partial charge is 0.233 e. The maximum Gasteiger partial charge on any atom is 0.233 e. The van der Waals surface area contributed by atoms with Crippen LogP contribution in [-0.2, 0) is 9.59 Å². The van der Waals surface area contributed by atoms with Crippen molar-refractivity contribution in [2.45, 2.75) is 40.0 Å². The van der Waals surface area contributed by atoms with Crippen LogP contribution in [0.2, 0.25) is 0 Å². The van der Waals surface area contributed by atoms with Gasteiger partial charge >= 0.3 is 0 Å². The fraction of sp³-hybridized carbons (Fsp3) is 0.500. The molecule has 2 N–H and O–H groups in total. The van der Waals surface area contributed by atoms with E-state index in [1.54, 1.807) is 0 Å². The zero-order valence-electron chi connectivity index (χ0n) is 13.2. The van der Waals surface area contributed by atoms with Crippen LogP contribution < -0.4 is 5.32 Å². The molecule has 118 valence electrons. The van der Waals surface area contributed by atoms with Gasteiger partial charge in [0.1, 0.15) is 0 Å². The molecule has 1 unspecified atom stereocenters. The summed E-state index contributed by atoms with van der Waals surface area (Å²) in [5, 5.41) is 9.38. The van der Waals surface area contributed by atoms with Crippen molar-refractivity contribution >= 4 is 27.7 Å². The van der Waals surface area contributed by atoms with Crippen molar-refractivity contribution in [3.05, 3.63) is 34.3 Å². The first kappa shape index (κ1) is 19.8. The predicted octanol–water partition coefficient (Wildman–Crippen LogP) is 3.24. The van der Waals surface area contributed by atoms with E-state index < -0.39 is 5.41 Å². The van der Waals surface area contributed by atoms with E-state index in [-0.39, 0.29) is 24.2 Å². The summed E-state index contributed by atoms with van der Waals surface area (Å²) in [5.74, 6) is -0.332. The molecule has 2 rings (SSSR count). The lowest BCUT2D eigenvalue weighted by atomic mass is 9.73. The summed E-state index contributed by atoms with van der Waals surface area (Å²) < 4.78 is 1.01. The van der Waals surface area contributed by atoms with Gasteiger partial charge in [0.25, 0.3) is 0 Å². The molecule has 0 saturated carbocycles. The highest BCUT2D eigenvalue weighted by atomic mass is 79.9. The van der Waals surface area contributed by atoms with Crippen LogP contribution in [0.1, 0.15) is 45.6 Å². The van der Waals surface area contributed by atoms with E-state index in [1.807, 2.05) is 52.0 Å². The summed E-state index contributed by atoms with van der Waals surface area (Å²) in [6, 6.07) is 7.86. The highest BCUT2D eigenvalue weighted by Gasteiger charge is 2.46. The van der Waals surface area contributed by atoms with Gasteiger partial charge in [-0.15, -0.1) is 0 Å². The number of hydrogen-bond acceptors (Lipinski definition) is 3. The number of benzene rings is 1. The van der Waals surface area contributed by atoms with Gasteiger partial charge in [-0.1, -0.05) is 48.8 Å². The quantitative estimate of drug-likeness (QED) is 0.798. The van der Waals surface area contributed by atoms with Crippen molar-refractivity contribution in [2.75, 3.05) is 7.11 Å². The van der Waals surface area contributed by atoms with Crippen LogP contribution in [-0.4, -0.2) is 24.0 Å². The molecular weight excluding hydrogens is 334 g/mol. The highest BCUT2D eigenvalue weighted by Crippen LogP contribution is 2.41. The Kier molecular flexibility index (Phi) is 8.44. The molecule has 1 aliphatic rings. The average Bonchev–Trinajstić information content (AvgIpc) is 2.77. The van der Waals surface area contributed by atoms with Crippen LogP contribution in [0.5, 0.6) is 0 Å². The van der Waals surface area contributed by atoms with E-state index in [0.29, 0.717) is 0 Å². The van der Waals surface area contributed by atoms with E-state index in [4.69, 9.17) is 5.11 Å². The normalized spacial score (nSPS) is 21.5. The minimum absolute atomic E-state index is 0.0158. The van der Waals surface area contributed by atoms with Gasteiger partial charge in [0, 0.05) is 18.0 Å². The van der Waals surface area contributed by atoms with Crippen molar-refractivity contribution in [2.24, 2.45) is 5.41 Å². The largest absolute Gasteiger partial charge is 0.400 e. The minimum atomic E-state index is -0.634. The second kappa shape index (κ2) is 8.95. The van der Waals surface area contributed by atoms with Crippen molar-refractivity contribution in [3.63, 3.8) is 0 Å². The molecule has 21 heavy (non-hydrogen) atoms. The van der Waals surface area contributed by atoms with Crippen LogP contribution in [0.15, 0.2) is 28.7 Å². The van der Waals surface area contributed by atoms with E-state index in [0.717, 1.165) is 17.1 Å². The summed E-state index contributed by atoms with van der Waals surface area (Å²) in [6.07, 6.45) is 0.267. The molecule has 1 aromatic rings. The highest BCUT2D eigenvalue weighted by molar-refractivity contribution is 9.10. The zero-order chi connectivity index (χ0) is 16.6. The number of aliphatic hydroxyl groups excluding tert-OH is 1. The summed E-state index contributed by atoms with van der Waals surface area (Å²) in [7, 11) is 1.00. The molecule has 0 aliphatic carbocycles. The van der Waals surface area contributed by atoms with Gasteiger partial charge in [-0.2, -0.15) is 0 Å². The van der Waals surface area contributed by atoms with Crippen LogP contribution in [0, 0.1) is 5.41 Å². The summed E-state index contributed by atoms with van der Waals surface area (Å²) in [6.45, 7) is 7.83. The number of imide groups is 1. The first-order valence-electron chi connectivity index (χ1n) is 6.98. The molecule has 1 fully saturated rings. The molecule has 1 saturated heterocycles. The van der Waals surface area contributed by atoms with Crippen LogP contribution in [0.25, 0.3) is 0 Å². The van der Waals surface area contributed by atoms with Gasteiger partial charge in [0.2, 0.25) is 11.8 Å². The van der Waals surface area contributed by atoms with Crippen LogP contribution in [0.3, 0.4) is 0 Å². The van der Waals surface area contributed by atoms with Crippen molar-refractivity contribution in [1.29, 1.82) is 0 Å². The standard InChI is InChI=1S/C13H14BrNO2.C2H6.CH4O/c1-8(9-3-5-10(14)6-4-9)13(2)7-11(16)15-12(13)17;2*1-2/h3-6,8H,7H2,1-2H3,(H,15,16,17);1-2H3;2H,1H3/t8?,13-;;/m0../s1. The van der Waals surface area contributed by atoms with Gasteiger partial charge in [-0.05, 0) is 30.5 Å². The number of carbonyl (C=O) groups excluding carboxylic acids is 2. The van der Waals surface area contributed by atoms with Gasteiger partial charge in [-0.3, -0.25) is 14.9 Å². The molecule has 5 heteroatoms. The fourth-order valence-electron chi connectivity index (χ4n) is 2.20. The Morgan fingerprint density at radius 3 is 2.05 bits per heavy atom. The molecule has 0 spiro atoms. The first-order chi connectivity index (χ1) is 9.93. The molecule has 0 bridgehead atoms. The summed E-state index contributed by atoms with van der Waals surface area (Å²) >= 11 is 3.38. The monoisotopic (exact) mass is 357 g/mol. The number of nitrogens with one attached hydrogen (secondary N) is 1. The molecule has 0 radical (unpaired) electrons. The third-order valence-electron chi connectivity index (χ3n) is 3.63. The molecular formula is C16H24BrNO3. The minimum Gasteiger partial charge on any atom is -0.400 e. The lowest BCUT2D eigenvalue weighted by molar-refractivity contribution is -0.128. The molecule has 4 nitrogen and oxygen atoms in total. The number of halogens is 1. The van der Waals surface area contributed by atoms with Crippen LogP contribution in [0.4, 0.5) is 0 Å². The van der Waals surface area contributed by atoms with Gasteiger partial charge in [0.15, 0.2) is 0 Å². The number of hydrogen-bond donors (Lipinski definition) is 2.